The predicted molar refractivity (Wildman–Crippen MR) is 197 cm³/mol. The zero-order chi connectivity index (χ0) is 31.6. The number of aryl methyl sites for hydroxylation is 6. The third-order valence-corrected chi connectivity index (χ3v) is 19.8. The van der Waals surface area contributed by atoms with Gasteiger partial charge in [0.2, 0.25) is 0 Å². The summed E-state index contributed by atoms with van der Waals surface area (Å²) in [6.45, 7) is 13.6. The van der Waals surface area contributed by atoms with Crippen LogP contribution in [0.5, 0.6) is 0 Å². The van der Waals surface area contributed by atoms with Crippen LogP contribution >= 0.6 is 0 Å². The lowest BCUT2D eigenvalue weighted by atomic mass is 10.2. The van der Waals surface area contributed by atoms with Crippen molar-refractivity contribution < 1.29 is 4.12 Å². The van der Waals surface area contributed by atoms with E-state index in [9.17, 15) is 0 Å². The van der Waals surface area contributed by atoms with Crippen LogP contribution in [0.3, 0.4) is 0 Å². The SMILES string of the molecule is Cc1ccccc1[Si](O[Si](c1ccccc1C)(c1ccccc1C)c1ccccc1C)(c1ccccc1C)c1ccccc1C. The van der Waals surface area contributed by atoms with Gasteiger partial charge >= 0.3 is 0 Å². The Kier molecular flexibility index (Phi) is 8.61. The molecule has 0 heterocycles. The van der Waals surface area contributed by atoms with Crippen LogP contribution in [0.15, 0.2) is 146 Å². The van der Waals surface area contributed by atoms with E-state index < -0.39 is 16.6 Å². The molecule has 0 unspecified atom stereocenters. The molecule has 0 N–H and O–H groups in total. The van der Waals surface area contributed by atoms with E-state index in [0.717, 1.165) is 0 Å². The van der Waals surface area contributed by atoms with Crippen LogP contribution < -0.4 is 31.1 Å². The van der Waals surface area contributed by atoms with Crippen molar-refractivity contribution in [3.8, 4) is 0 Å². The highest BCUT2D eigenvalue weighted by atomic mass is 28.4. The summed E-state index contributed by atoms with van der Waals surface area (Å²) in [5.41, 5.74) is 7.57. The van der Waals surface area contributed by atoms with Gasteiger partial charge in [0.05, 0.1) is 0 Å². The van der Waals surface area contributed by atoms with Gasteiger partial charge in [-0.05, 0) is 106 Å². The molecule has 0 fully saturated rings. The molecule has 0 aliphatic rings. The molecule has 0 bridgehead atoms. The predicted octanol–water partition coefficient (Wildman–Crippen LogP) is 6.19. The molecule has 1 nitrogen and oxygen atoms in total. The summed E-state index contributed by atoms with van der Waals surface area (Å²) in [7, 11) is -6.50. The molecule has 0 radical (unpaired) electrons. The van der Waals surface area contributed by atoms with E-state index in [2.05, 4.69) is 187 Å². The summed E-state index contributed by atoms with van der Waals surface area (Å²) in [4.78, 5) is 0. The van der Waals surface area contributed by atoms with Crippen LogP contribution in [0.2, 0.25) is 0 Å². The molecule has 3 heteroatoms. The second-order valence-electron chi connectivity index (χ2n) is 12.4. The van der Waals surface area contributed by atoms with Crippen LogP contribution in [0, 0.1) is 41.5 Å². The molecule has 0 saturated heterocycles. The molecule has 0 spiro atoms. The smallest absolute Gasteiger partial charge is 0.279 e. The molecule has 0 aromatic heterocycles. The van der Waals surface area contributed by atoms with Crippen LogP contribution in [0.4, 0.5) is 0 Å². The van der Waals surface area contributed by atoms with Gasteiger partial charge in [0.25, 0.3) is 16.6 Å². The minimum absolute atomic E-state index is 1.26. The summed E-state index contributed by atoms with van der Waals surface area (Å²) in [5.74, 6) is 0. The monoisotopic (exact) mass is 618 g/mol. The summed E-state index contributed by atoms with van der Waals surface area (Å²) < 4.78 is 8.70. The van der Waals surface area contributed by atoms with Crippen molar-refractivity contribution >= 4 is 47.8 Å². The second-order valence-corrected chi connectivity index (χ2v) is 19.1. The Morgan fingerprint density at radius 1 is 0.267 bits per heavy atom. The van der Waals surface area contributed by atoms with Gasteiger partial charge in [-0.15, -0.1) is 0 Å². The largest absolute Gasteiger partial charge is 0.435 e. The van der Waals surface area contributed by atoms with Gasteiger partial charge in [-0.2, -0.15) is 0 Å². The second kappa shape index (κ2) is 12.6. The summed E-state index contributed by atoms with van der Waals surface area (Å²) in [6.07, 6.45) is 0. The molecule has 224 valence electrons. The minimum atomic E-state index is -3.25. The van der Waals surface area contributed by atoms with Crippen LogP contribution in [0.1, 0.15) is 33.4 Å². The van der Waals surface area contributed by atoms with Crippen molar-refractivity contribution in [3.63, 3.8) is 0 Å². The van der Waals surface area contributed by atoms with E-state index >= 15 is 0 Å². The van der Waals surface area contributed by atoms with Gasteiger partial charge in [-0.3, -0.25) is 0 Å². The van der Waals surface area contributed by atoms with E-state index in [1.807, 2.05) is 0 Å². The standard InChI is InChI=1S/C42H42OSi2/c1-31-19-7-13-25-37(31)44(38-26-14-8-20-32(38)2,39-27-15-9-21-33(39)3)43-45(40-28-16-10-22-34(40)4,41-29-17-11-23-35(41)5)42-30-18-12-24-36(42)6/h7-30H,1-6H3. The first-order valence-electron chi connectivity index (χ1n) is 15.9. The quantitative estimate of drug-likeness (QED) is 0.146. The fourth-order valence-electron chi connectivity index (χ4n) is 7.24. The third-order valence-electron chi connectivity index (χ3n) is 9.45. The van der Waals surface area contributed by atoms with Gasteiger partial charge in [0.1, 0.15) is 0 Å². The van der Waals surface area contributed by atoms with Gasteiger partial charge in [-0.1, -0.05) is 146 Å². The molecular formula is C42H42OSi2. The topological polar surface area (TPSA) is 9.23 Å². The highest BCUT2D eigenvalue weighted by molar-refractivity contribution is 7.18. The van der Waals surface area contributed by atoms with Gasteiger partial charge in [-0.25, -0.2) is 0 Å². The highest BCUT2D eigenvalue weighted by Gasteiger charge is 2.55. The fraction of sp³-hybridized carbons (Fsp3) is 0.143. The number of hydrogen-bond acceptors (Lipinski definition) is 1. The first-order valence-corrected chi connectivity index (χ1v) is 19.7. The van der Waals surface area contributed by atoms with Gasteiger partial charge in [0, 0.05) is 0 Å². The molecule has 45 heavy (non-hydrogen) atoms. The van der Waals surface area contributed by atoms with Crippen molar-refractivity contribution in [3.05, 3.63) is 179 Å². The number of benzene rings is 6. The lowest BCUT2D eigenvalue weighted by Gasteiger charge is -2.46. The minimum Gasteiger partial charge on any atom is -0.435 e. The zero-order valence-corrected chi connectivity index (χ0v) is 29.3. The Bertz CT molecular complexity index is 1610. The van der Waals surface area contributed by atoms with Gasteiger partial charge in [0.15, 0.2) is 0 Å². The van der Waals surface area contributed by atoms with E-state index in [1.165, 1.54) is 64.5 Å². The Hall–Kier alpha value is -4.29. The van der Waals surface area contributed by atoms with E-state index in [4.69, 9.17) is 4.12 Å². The third kappa shape index (κ3) is 5.25. The van der Waals surface area contributed by atoms with Crippen molar-refractivity contribution in [1.29, 1.82) is 0 Å². The Morgan fingerprint density at radius 3 is 0.578 bits per heavy atom. The molecule has 6 aromatic rings. The Balaban J connectivity index is 1.89. The number of rotatable bonds is 8. The van der Waals surface area contributed by atoms with E-state index in [-0.39, 0.29) is 0 Å². The molecule has 0 saturated carbocycles. The molecule has 0 aliphatic heterocycles. The molecule has 0 amide bonds. The summed E-state index contributed by atoms with van der Waals surface area (Å²) >= 11 is 0. The van der Waals surface area contributed by atoms with E-state index in [0.29, 0.717) is 0 Å². The molecule has 6 rings (SSSR count). The van der Waals surface area contributed by atoms with Crippen molar-refractivity contribution in [1.82, 2.24) is 0 Å². The van der Waals surface area contributed by atoms with Crippen molar-refractivity contribution in [2.45, 2.75) is 41.5 Å². The maximum atomic E-state index is 8.70. The van der Waals surface area contributed by atoms with Crippen LogP contribution in [-0.2, 0) is 4.12 Å². The van der Waals surface area contributed by atoms with Crippen molar-refractivity contribution in [2.75, 3.05) is 0 Å². The normalized spacial score (nSPS) is 11.9. The first kappa shape index (κ1) is 30.7. The summed E-state index contributed by atoms with van der Waals surface area (Å²) in [5, 5.41) is 7.84. The first-order chi connectivity index (χ1) is 21.8. The maximum absolute atomic E-state index is 8.70. The maximum Gasteiger partial charge on any atom is 0.279 e. The zero-order valence-electron chi connectivity index (χ0n) is 27.3. The average Bonchev–Trinajstić information content (AvgIpc) is 3.04. The lowest BCUT2D eigenvalue weighted by Crippen LogP contribution is -2.82. The number of hydrogen-bond donors (Lipinski definition) is 0. The Labute approximate surface area is 271 Å². The highest BCUT2D eigenvalue weighted by Crippen LogP contribution is 2.24. The molecular weight excluding hydrogens is 577 g/mol. The van der Waals surface area contributed by atoms with Crippen LogP contribution in [0.25, 0.3) is 0 Å². The van der Waals surface area contributed by atoms with Crippen molar-refractivity contribution in [2.24, 2.45) is 0 Å². The fourth-order valence-corrected chi connectivity index (χ4v) is 19.3. The molecule has 0 atom stereocenters. The Morgan fingerprint density at radius 2 is 0.422 bits per heavy atom. The average molecular weight is 619 g/mol. The van der Waals surface area contributed by atoms with Crippen LogP contribution in [-0.4, -0.2) is 16.6 Å². The lowest BCUT2D eigenvalue weighted by molar-refractivity contribution is 0.598. The summed E-state index contributed by atoms with van der Waals surface area (Å²) in [6, 6.07) is 53.7. The molecule has 6 aromatic carbocycles. The van der Waals surface area contributed by atoms with Gasteiger partial charge < -0.3 is 4.12 Å². The molecule has 0 aliphatic carbocycles. The van der Waals surface area contributed by atoms with E-state index in [1.54, 1.807) is 0 Å².